The third-order valence-corrected chi connectivity index (χ3v) is 8.78. The number of benzene rings is 2. The zero-order valence-corrected chi connectivity index (χ0v) is 25.0. The minimum atomic E-state index is -0.974. The van der Waals surface area contributed by atoms with Crippen molar-refractivity contribution in [3.8, 4) is 46.6 Å². The fourth-order valence-corrected chi connectivity index (χ4v) is 6.66. The zero-order valence-electron chi connectivity index (χ0n) is 25.0. The van der Waals surface area contributed by atoms with Crippen molar-refractivity contribution in [2.24, 2.45) is 0 Å². The molecule has 0 bridgehead atoms. The quantitative estimate of drug-likeness (QED) is 0.266. The number of nitrogens with zero attached hydrogens (tertiary/aromatic N) is 7. The number of carbonyl (C=O) groups excluding carboxylic acids is 1. The number of hydrogen-bond donors (Lipinski definition) is 1. The molecule has 0 aliphatic carbocycles. The number of amides is 1. The van der Waals surface area contributed by atoms with Gasteiger partial charge in [0.2, 0.25) is 0 Å². The highest BCUT2D eigenvalue weighted by Crippen LogP contribution is 2.41. The maximum atomic E-state index is 16.7. The van der Waals surface area contributed by atoms with E-state index in [-0.39, 0.29) is 57.2 Å². The van der Waals surface area contributed by atoms with Crippen LogP contribution < -0.4 is 4.74 Å². The second-order valence-corrected chi connectivity index (χ2v) is 11.9. The van der Waals surface area contributed by atoms with E-state index < -0.39 is 29.4 Å². The Balaban J connectivity index is 1.41. The second kappa shape index (κ2) is 11.0. The van der Waals surface area contributed by atoms with Gasteiger partial charge in [0.15, 0.2) is 5.82 Å². The van der Waals surface area contributed by atoms with Crippen molar-refractivity contribution in [2.75, 3.05) is 33.8 Å². The number of terminal acetylenes is 1. The van der Waals surface area contributed by atoms with Gasteiger partial charge in [0.25, 0.3) is 0 Å². The van der Waals surface area contributed by atoms with E-state index in [1.807, 2.05) is 0 Å². The summed E-state index contributed by atoms with van der Waals surface area (Å²) in [4.78, 5) is 29.4. The van der Waals surface area contributed by atoms with Gasteiger partial charge in [-0.3, -0.25) is 9.88 Å². The van der Waals surface area contributed by atoms with Crippen LogP contribution >= 0.6 is 0 Å². The van der Waals surface area contributed by atoms with Gasteiger partial charge in [0.05, 0.1) is 23.0 Å². The maximum Gasteiger partial charge on any atom is 0.344 e. The molecule has 2 saturated heterocycles. The van der Waals surface area contributed by atoms with Crippen LogP contribution in [0.5, 0.6) is 11.8 Å². The monoisotopic (exact) mass is 627 g/mol. The summed E-state index contributed by atoms with van der Waals surface area (Å²) < 4.78 is 53.1. The Hall–Kier alpha value is -5.22. The number of rotatable bonds is 5. The van der Waals surface area contributed by atoms with Crippen LogP contribution in [0.25, 0.3) is 44.2 Å². The predicted molar refractivity (Wildman–Crippen MR) is 164 cm³/mol. The summed E-state index contributed by atoms with van der Waals surface area (Å²) in [6, 6.07) is 4.69. The fraction of sp³-hybridized carbons (Fsp3) is 0.303. The van der Waals surface area contributed by atoms with Crippen LogP contribution in [0.1, 0.15) is 24.8 Å². The summed E-state index contributed by atoms with van der Waals surface area (Å²) in [5, 5.41) is 15.4. The Morgan fingerprint density at radius 3 is 2.83 bits per heavy atom. The Bertz CT molecular complexity index is 2090. The third-order valence-electron chi connectivity index (χ3n) is 8.78. The predicted octanol–water partition coefficient (Wildman–Crippen LogP) is 5.16. The Kier molecular flexibility index (Phi) is 7.05. The van der Waals surface area contributed by atoms with Gasteiger partial charge in [-0.2, -0.15) is 19.7 Å². The number of phenolic OH excluding ortho intramolecular Hbond substituents is 1. The molecule has 0 spiro atoms. The van der Waals surface area contributed by atoms with Crippen LogP contribution in [-0.4, -0.2) is 91.2 Å². The number of ether oxygens (including phenoxy) is 1. The normalized spacial score (nSPS) is 19.4. The van der Waals surface area contributed by atoms with Gasteiger partial charge in [-0.25, -0.2) is 18.0 Å². The highest BCUT2D eigenvalue weighted by molar-refractivity contribution is 6.03. The molecular formula is C33H28F3N7O3. The molecular weight excluding hydrogens is 599 g/mol. The van der Waals surface area contributed by atoms with Crippen molar-refractivity contribution in [3.63, 3.8) is 0 Å². The summed E-state index contributed by atoms with van der Waals surface area (Å²) in [6.07, 6.45) is 10.8. The van der Waals surface area contributed by atoms with E-state index in [1.165, 1.54) is 47.8 Å². The Morgan fingerprint density at radius 2 is 2.04 bits per heavy atom. The summed E-state index contributed by atoms with van der Waals surface area (Å²) in [5.41, 5.74) is -0.409. The first-order valence-corrected chi connectivity index (χ1v) is 14.7. The minimum Gasteiger partial charge on any atom is -0.508 e. The zero-order chi connectivity index (χ0) is 32.3. The van der Waals surface area contributed by atoms with E-state index in [1.54, 1.807) is 14.1 Å². The molecule has 0 saturated carbocycles. The standard InChI is InChI=1S/C33H28F3N7O3/c1-4-22-25(35)7-6-18-10-21(44)11-23(26(18)22)29-27(36)30-24(14-37-29)28(19-13-38-43(15-19)32(45)41(2)3)39-31(40-30)46-17-33-8-5-9-42(33)16-20(34)12-33/h1,6-7,10-11,13-15,20,44H,5,8-9,12,16-17H2,2-3H3/t20-,33+/m1/s1. The topological polar surface area (TPSA) is 110 Å². The van der Waals surface area contributed by atoms with Crippen molar-refractivity contribution in [1.82, 2.24) is 34.5 Å². The number of aromatic nitrogens is 5. The van der Waals surface area contributed by atoms with E-state index in [2.05, 4.69) is 30.9 Å². The molecule has 10 nitrogen and oxygen atoms in total. The lowest BCUT2D eigenvalue weighted by Gasteiger charge is -2.30. The average molecular weight is 628 g/mol. The average Bonchev–Trinajstić information content (AvgIpc) is 3.74. The van der Waals surface area contributed by atoms with Gasteiger partial charge in [-0.05, 0) is 43.0 Å². The number of phenols is 1. The van der Waals surface area contributed by atoms with Gasteiger partial charge in [-0.15, -0.1) is 6.42 Å². The van der Waals surface area contributed by atoms with E-state index >= 15 is 4.39 Å². The molecule has 2 aromatic carbocycles. The molecule has 234 valence electrons. The Morgan fingerprint density at radius 1 is 1.22 bits per heavy atom. The molecule has 2 aliphatic heterocycles. The molecule has 2 aliphatic rings. The summed E-state index contributed by atoms with van der Waals surface area (Å²) in [6.45, 7) is 1.18. The first-order chi connectivity index (χ1) is 22.1. The van der Waals surface area contributed by atoms with Gasteiger partial charge in [0, 0.05) is 61.4 Å². The highest BCUT2D eigenvalue weighted by Gasteiger charge is 2.49. The van der Waals surface area contributed by atoms with Crippen LogP contribution in [0.2, 0.25) is 0 Å². The van der Waals surface area contributed by atoms with Gasteiger partial charge < -0.3 is 14.7 Å². The highest BCUT2D eigenvalue weighted by atomic mass is 19.1. The molecule has 13 heteroatoms. The summed E-state index contributed by atoms with van der Waals surface area (Å²) in [7, 11) is 3.16. The molecule has 5 heterocycles. The van der Waals surface area contributed by atoms with Crippen molar-refractivity contribution in [2.45, 2.75) is 31.0 Å². The van der Waals surface area contributed by atoms with Crippen LogP contribution in [0.15, 0.2) is 42.9 Å². The number of hydrogen-bond acceptors (Lipinski definition) is 8. The molecule has 5 aromatic rings. The van der Waals surface area contributed by atoms with Crippen molar-refractivity contribution in [1.29, 1.82) is 0 Å². The van der Waals surface area contributed by atoms with Crippen LogP contribution in [0.4, 0.5) is 18.0 Å². The maximum absolute atomic E-state index is 16.7. The van der Waals surface area contributed by atoms with E-state index in [9.17, 15) is 18.7 Å². The van der Waals surface area contributed by atoms with Gasteiger partial charge >= 0.3 is 12.0 Å². The first-order valence-electron chi connectivity index (χ1n) is 14.7. The smallest absolute Gasteiger partial charge is 0.344 e. The molecule has 2 fully saturated rings. The van der Waals surface area contributed by atoms with E-state index in [4.69, 9.17) is 11.2 Å². The number of halogens is 3. The third kappa shape index (κ3) is 4.76. The number of fused-ring (bicyclic) bond motifs is 3. The van der Waals surface area contributed by atoms with Crippen molar-refractivity contribution < 1.29 is 27.8 Å². The minimum absolute atomic E-state index is 0.0642. The lowest BCUT2D eigenvalue weighted by Crippen LogP contribution is -2.43. The SMILES string of the molecule is C#Cc1c(F)ccc2cc(O)cc(-c3ncc4c(-c5cnn(C(=O)N(C)C)c5)nc(OC[C@@]56CCCN5C[C@H](F)C6)nc4c3F)c12. The van der Waals surface area contributed by atoms with E-state index in [0.29, 0.717) is 23.9 Å². The molecule has 7 rings (SSSR count). The largest absolute Gasteiger partial charge is 0.508 e. The molecule has 3 aromatic heterocycles. The van der Waals surface area contributed by atoms with Crippen molar-refractivity contribution in [3.05, 3.63) is 60.1 Å². The second-order valence-electron chi connectivity index (χ2n) is 11.9. The molecule has 1 amide bonds. The van der Waals surface area contributed by atoms with Crippen LogP contribution in [0, 0.1) is 24.0 Å². The number of carbonyl (C=O) groups is 1. The lowest BCUT2D eigenvalue weighted by molar-refractivity contribution is 0.107. The number of aromatic hydroxyl groups is 1. The van der Waals surface area contributed by atoms with E-state index in [0.717, 1.165) is 24.1 Å². The van der Waals surface area contributed by atoms with Crippen LogP contribution in [0.3, 0.4) is 0 Å². The Labute approximate surface area is 261 Å². The molecule has 0 unspecified atom stereocenters. The van der Waals surface area contributed by atoms with Crippen molar-refractivity contribution >= 4 is 27.7 Å². The molecule has 2 atom stereocenters. The molecule has 1 N–H and O–H groups in total. The summed E-state index contributed by atoms with van der Waals surface area (Å²) in [5.74, 6) is 0.542. The van der Waals surface area contributed by atoms with Crippen LogP contribution in [-0.2, 0) is 0 Å². The number of alkyl halides is 1. The summed E-state index contributed by atoms with van der Waals surface area (Å²) >= 11 is 0. The first kappa shape index (κ1) is 29.5. The van der Waals surface area contributed by atoms with Gasteiger partial charge in [-0.1, -0.05) is 12.0 Å². The number of pyridine rings is 1. The molecule has 46 heavy (non-hydrogen) atoms. The lowest BCUT2D eigenvalue weighted by atomic mass is 9.95. The molecule has 0 radical (unpaired) electrons. The fourth-order valence-electron chi connectivity index (χ4n) is 6.66. The van der Waals surface area contributed by atoms with Gasteiger partial charge in [0.1, 0.15) is 35.6 Å².